The number of pyridine rings is 1. The highest BCUT2D eigenvalue weighted by molar-refractivity contribution is 5.75. The van der Waals surface area contributed by atoms with Crippen LogP contribution in [0.5, 0.6) is 0 Å². The molecule has 1 aliphatic heterocycles. The molecule has 1 unspecified atom stereocenters. The van der Waals surface area contributed by atoms with E-state index in [1.807, 2.05) is 42.6 Å². The molecule has 0 radical (unpaired) electrons. The van der Waals surface area contributed by atoms with Gasteiger partial charge in [-0.15, -0.1) is 0 Å². The van der Waals surface area contributed by atoms with Crippen LogP contribution in [0.2, 0.25) is 0 Å². The summed E-state index contributed by atoms with van der Waals surface area (Å²) in [7, 11) is 3.32. The van der Waals surface area contributed by atoms with Gasteiger partial charge in [0.15, 0.2) is 0 Å². The predicted molar refractivity (Wildman–Crippen MR) is 143 cm³/mol. The van der Waals surface area contributed by atoms with E-state index in [1.165, 1.54) is 22.8 Å². The summed E-state index contributed by atoms with van der Waals surface area (Å²) < 4.78 is 6.81. The molecule has 188 valence electrons. The first-order valence-electron chi connectivity index (χ1n) is 12.8. The van der Waals surface area contributed by atoms with Crippen LogP contribution in [-0.2, 0) is 18.2 Å². The van der Waals surface area contributed by atoms with Gasteiger partial charge in [-0.3, -0.25) is 9.36 Å². The zero-order chi connectivity index (χ0) is 25.1. The summed E-state index contributed by atoms with van der Waals surface area (Å²) in [5, 5.41) is 0. The van der Waals surface area contributed by atoms with Gasteiger partial charge in [0.1, 0.15) is 5.82 Å². The molecule has 3 aromatic rings. The second-order valence-corrected chi connectivity index (χ2v) is 9.87. The highest BCUT2D eigenvalue weighted by Crippen LogP contribution is 2.39. The number of H-pyrrole nitrogens is 1. The summed E-state index contributed by atoms with van der Waals surface area (Å²) in [6, 6.07) is 14.1. The first-order chi connectivity index (χ1) is 17.5. The molecule has 2 aromatic heterocycles. The van der Waals surface area contributed by atoms with Gasteiger partial charge in [0.05, 0.1) is 6.10 Å². The number of anilines is 1. The van der Waals surface area contributed by atoms with Crippen LogP contribution in [0.1, 0.15) is 60.4 Å². The number of allylic oxidation sites excluding steroid dienone is 2. The van der Waals surface area contributed by atoms with E-state index in [-0.39, 0.29) is 23.3 Å². The fourth-order valence-corrected chi connectivity index (χ4v) is 5.57. The number of hydrogen-bond donors (Lipinski definition) is 1. The summed E-state index contributed by atoms with van der Waals surface area (Å²) >= 11 is 0. The van der Waals surface area contributed by atoms with Gasteiger partial charge >= 0.3 is 5.69 Å². The van der Waals surface area contributed by atoms with Crippen molar-refractivity contribution in [1.29, 1.82) is 0 Å². The minimum Gasteiger partial charge on any atom is -0.380 e. The SMILES string of the molecule is CO[C@H]1CCCN(c2ncccc2C2=CCC(c3[nH]c(=O)n(C)c(=O)c3Cc3ccccc3)CC2)C1. The average molecular weight is 487 g/mol. The summed E-state index contributed by atoms with van der Waals surface area (Å²) in [5.41, 5.74) is 4.43. The van der Waals surface area contributed by atoms with Crippen molar-refractivity contribution in [2.75, 3.05) is 25.1 Å². The van der Waals surface area contributed by atoms with Crippen LogP contribution in [0.3, 0.4) is 0 Å². The highest BCUT2D eigenvalue weighted by atomic mass is 16.5. The van der Waals surface area contributed by atoms with Gasteiger partial charge in [0.2, 0.25) is 0 Å². The van der Waals surface area contributed by atoms with E-state index in [0.29, 0.717) is 12.0 Å². The van der Waals surface area contributed by atoms with Gasteiger partial charge < -0.3 is 14.6 Å². The van der Waals surface area contributed by atoms with Gasteiger partial charge in [-0.25, -0.2) is 9.78 Å². The molecule has 1 aliphatic carbocycles. The molecule has 2 aliphatic rings. The monoisotopic (exact) mass is 486 g/mol. The van der Waals surface area contributed by atoms with E-state index in [1.54, 1.807) is 7.11 Å². The van der Waals surface area contributed by atoms with Gasteiger partial charge in [-0.2, -0.15) is 0 Å². The number of nitrogens with one attached hydrogen (secondary N) is 1. The third-order valence-electron chi connectivity index (χ3n) is 7.62. The largest absolute Gasteiger partial charge is 0.380 e. The van der Waals surface area contributed by atoms with Crippen molar-refractivity contribution in [2.45, 2.75) is 50.5 Å². The fraction of sp³-hybridized carbons (Fsp3) is 0.414. The van der Waals surface area contributed by atoms with E-state index in [4.69, 9.17) is 9.72 Å². The summed E-state index contributed by atoms with van der Waals surface area (Å²) in [6.07, 6.45) is 9.56. The van der Waals surface area contributed by atoms with Crippen LogP contribution in [0.25, 0.3) is 5.57 Å². The van der Waals surface area contributed by atoms with Crippen molar-refractivity contribution in [3.8, 4) is 0 Å². The quantitative estimate of drug-likeness (QED) is 0.569. The molecule has 36 heavy (non-hydrogen) atoms. The third kappa shape index (κ3) is 4.93. The van der Waals surface area contributed by atoms with Crippen molar-refractivity contribution >= 4 is 11.4 Å². The number of benzene rings is 1. The maximum absolute atomic E-state index is 13.1. The molecular formula is C29H34N4O3. The van der Waals surface area contributed by atoms with Gasteiger partial charge in [-0.05, 0) is 55.4 Å². The van der Waals surface area contributed by atoms with Gasteiger partial charge in [0.25, 0.3) is 5.56 Å². The Balaban J connectivity index is 1.43. The van der Waals surface area contributed by atoms with E-state index in [2.05, 4.69) is 22.0 Å². The lowest BCUT2D eigenvalue weighted by Gasteiger charge is -2.34. The Labute approximate surface area is 211 Å². The molecule has 2 atom stereocenters. The molecule has 7 nitrogen and oxygen atoms in total. The minimum atomic E-state index is -0.353. The lowest BCUT2D eigenvalue weighted by molar-refractivity contribution is 0.0891. The van der Waals surface area contributed by atoms with Crippen LogP contribution >= 0.6 is 0 Å². The van der Waals surface area contributed by atoms with E-state index in [0.717, 1.165) is 62.3 Å². The average Bonchev–Trinajstić information content (AvgIpc) is 2.94. The van der Waals surface area contributed by atoms with Crippen molar-refractivity contribution in [3.05, 3.63) is 98.0 Å². The maximum atomic E-state index is 13.1. The first kappa shape index (κ1) is 24.3. The second kappa shape index (κ2) is 10.7. The normalized spacial score (nSPS) is 20.3. The minimum absolute atomic E-state index is 0.0991. The van der Waals surface area contributed by atoms with Crippen LogP contribution in [0.4, 0.5) is 5.82 Å². The number of rotatable bonds is 6. The number of methoxy groups -OCH3 is 1. The molecule has 1 N–H and O–H groups in total. The molecule has 1 saturated heterocycles. The van der Waals surface area contributed by atoms with Crippen molar-refractivity contribution in [3.63, 3.8) is 0 Å². The molecule has 0 saturated carbocycles. The highest BCUT2D eigenvalue weighted by Gasteiger charge is 2.27. The predicted octanol–water partition coefficient (Wildman–Crippen LogP) is 4.03. The summed E-state index contributed by atoms with van der Waals surface area (Å²) in [5.74, 6) is 1.12. The van der Waals surface area contributed by atoms with Crippen molar-refractivity contribution in [1.82, 2.24) is 14.5 Å². The molecule has 1 fully saturated rings. The fourth-order valence-electron chi connectivity index (χ4n) is 5.57. The summed E-state index contributed by atoms with van der Waals surface area (Å²) in [6.45, 7) is 1.84. The number of piperidine rings is 1. The Bertz CT molecular complexity index is 1360. The Morgan fingerprint density at radius 2 is 1.94 bits per heavy atom. The molecule has 0 amide bonds. The molecule has 1 aromatic carbocycles. The number of aromatic amines is 1. The second-order valence-electron chi connectivity index (χ2n) is 9.87. The van der Waals surface area contributed by atoms with E-state index >= 15 is 0 Å². The topological polar surface area (TPSA) is 80.2 Å². The number of ether oxygens (including phenoxy) is 1. The van der Waals surface area contributed by atoms with E-state index < -0.39 is 0 Å². The Morgan fingerprint density at radius 1 is 1.11 bits per heavy atom. The van der Waals surface area contributed by atoms with Crippen LogP contribution in [0.15, 0.2) is 64.3 Å². The molecule has 0 spiro atoms. The zero-order valence-corrected chi connectivity index (χ0v) is 21.1. The lowest BCUT2D eigenvalue weighted by atomic mass is 9.82. The zero-order valence-electron chi connectivity index (χ0n) is 21.1. The first-order valence-corrected chi connectivity index (χ1v) is 12.8. The standard InChI is InChI=1S/C29H34N4O3/c1-32-28(34)25(18-20-8-4-3-5-9-20)26(31-29(32)35)22-14-12-21(13-15-22)24-11-6-16-30-27(24)33-17-7-10-23(19-33)36-2/h3-6,8-9,11-12,16,22-23H,7,10,13-15,17-19H2,1-2H3,(H,31,35)/t22?,23-/m0/s1. The van der Waals surface area contributed by atoms with Gasteiger partial charge in [-0.1, -0.05) is 36.4 Å². The lowest BCUT2D eigenvalue weighted by Crippen LogP contribution is -2.40. The van der Waals surface area contributed by atoms with Crippen LogP contribution in [0, 0.1) is 0 Å². The molecular weight excluding hydrogens is 452 g/mol. The molecule has 0 bridgehead atoms. The molecule has 7 heteroatoms. The molecule has 5 rings (SSSR count). The number of hydrogen-bond acceptors (Lipinski definition) is 5. The van der Waals surface area contributed by atoms with Crippen molar-refractivity contribution in [2.24, 2.45) is 7.05 Å². The van der Waals surface area contributed by atoms with Crippen LogP contribution < -0.4 is 16.1 Å². The Hall–Kier alpha value is -3.45. The smallest absolute Gasteiger partial charge is 0.328 e. The maximum Gasteiger partial charge on any atom is 0.328 e. The van der Waals surface area contributed by atoms with Crippen LogP contribution in [-0.4, -0.2) is 40.8 Å². The number of nitrogens with zero attached hydrogens (tertiary/aromatic N) is 3. The molecule has 3 heterocycles. The number of aromatic nitrogens is 3. The third-order valence-corrected chi connectivity index (χ3v) is 7.62. The summed E-state index contributed by atoms with van der Waals surface area (Å²) in [4.78, 5) is 35.8. The van der Waals surface area contributed by atoms with E-state index in [9.17, 15) is 9.59 Å². The Kier molecular flexibility index (Phi) is 7.18. The van der Waals surface area contributed by atoms with Gasteiger partial charge in [0, 0.05) is 62.6 Å². The van der Waals surface area contributed by atoms with Crippen molar-refractivity contribution < 1.29 is 4.74 Å². The Morgan fingerprint density at radius 3 is 2.69 bits per heavy atom.